The third-order valence-corrected chi connectivity index (χ3v) is 5.51. The first-order valence-corrected chi connectivity index (χ1v) is 10.9. The molecule has 1 heterocycles. The molecular formula is C23H20BrN3O5S. The number of nitrogens with zero attached hydrogens (tertiary/aromatic N) is 1. The van der Waals surface area contributed by atoms with Crippen LogP contribution in [0.4, 0.5) is 5.69 Å². The Kier molecular flexibility index (Phi) is 7.96. The molecule has 1 aliphatic heterocycles. The van der Waals surface area contributed by atoms with Crippen molar-refractivity contribution in [1.82, 2.24) is 10.2 Å². The second-order valence-corrected chi connectivity index (χ2v) is 7.99. The Morgan fingerprint density at radius 3 is 2.64 bits per heavy atom. The van der Waals surface area contributed by atoms with E-state index in [0.717, 1.165) is 0 Å². The normalized spacial score (nSPS) is 14.7. The molecule has 0 spiro atoms. The number of nitrogens with one attached hydrogen (secondary N) is 2. The van der Waals surface area contributed by atoms with Gasteiger partial charge in [0, 0.05) is 16.7 Å². The second kappa shape index (κ2) is 10.9. The largest absolute Gasteiger partial charge is 0.493 e. The summed E-state index contributed by atoms with van der Waals surface area (Å²) in [7, 11) is 1.44. The van der Waals surface area contributed by atoms with Crippen LogP contribution in [0.5, 0.6) is 11.5 Å². The number of halogens is 1. The predicted molar refractivity (Wildman–Crippen MR) is 132 cm³/mol. The summed E-state index contributed by atoms with van der Waals surface area (Å²) in [5.41, 5.74) is 1.06. The fourth-order valence-electron chi connectivity index (χ4n) is 2.94. The van der Waals surface area contributed by atoms with Crippen molar-refractivity contribution in [2.45, 2.75) is 0 Å². The molecule has 2 aromatic rings. The first-order chi connectivity index (χ1) is 15.8. The smallest absolute Gasteiger partial charge is 0.265 e. The molecule has 0 radical (unpaired) electrons. The maximum absolute atomic E-state index is 12.7. The van der Waals surface area contributed by atoms with Gasteiger partial charge >= 0.3 is 0 Å². The summed E-state index contributed by atoms with van der Waals surface area (Å²) in [6, 6.07) is 12.2. The highest BCUT2D eigenvalue weighted by molar-refractivity contribution is 9.10. The minimum Gasteiger partial charge on any atom is -0.493 e. The van der Waals surface area contributed by atoms with Crippen molar-refractivity contribution in [3.63, 3.8) is 0 Å². The molecule has 3 amide bonds. The summed E-state index contributed by atoms with van der Waals surface area (Å²) in [6.07, 6.45) is 2.94. The Hall–Kier alpha value is -3.50. The molecule has 0 unspecified atom stereocenters. The Labute approximate surface area is 204 Å². The molecule has 33 heavy (non-hydrogen) atoms. The topological polar surface area (TPSA) is 97.0 Å². The number of anilines is 1. The number of carbonyl (C=O) groups excluding carboxylic acids is 3. The van der Waals surface area contributed by atoms with Gasteiger partial charge in [0.15, 0.2) is 23.2 Å². The van der Waals surface area contributed by atoms with E-state index in [9.17, 15) is 14.4 Å². The number of carbonyl (C=O) groups is 3. The van der Waals surface area contributed by atoms with Crippen LogP contribution in [0, 0.1) is 0 Å². The number of hydrogen-bond acceptors (Lipinski definition) is 6. The minimum absolute atomic E-state index is 0.0243. The van der Waals surface area contributed by atoms with Gasteiger partial charge in [-0.3, -0.25) is 24.6 Å². The molecule has 10 heteroatoms. The lowest BCUT2D eigenvalue weighted by atomic mass is 10.1. The Bertz CT molecular complexity index is 1150. The van der Waals surface area contributed by atoms with Crippen LogP contribution in [0.3, 0.4) is 0 Å². The van der Waals surface area contributed by atoms with Crippen LogP contribution in [0.2, 0.25) is 0 Å². The van der Waals surface area contributed by atoms with Crippen molar-refractivity contribution in [3.8, 4) is 11.5 Å². The zero-order chi connectivity index (χ0) is 24.0. The number of benzene rings is 2. The Morgan fingerprint density at radius 2 is 1.97 bits per heavy atom. The van der Waals surface area contributed by atoms with Gasteiger partial charge in [0.2, 0.25) is 0 Å². The van der Waals surface area contributed by atoms with Crippen molar-refractivity contribution in [2.75, 3.05) is 25.6 Å². The summed E-state index contributed by atoms with van der Waals surface area (Å²) in [6.45, 7) is 3.52. The van der Waals surface area contributed by atoms with Gasteiger partial charge in [-0.25, -0.2) is 0 Å². The lowest BCUT2D eigenvalue weighted by Gasteiger charge is -2.27. The molecule has 3 rings (SSSR count). The maximum atomic E-state index is 12.7. The van der Waals surface area contributed by atoms with E-state index in [4.69, 9.17) is 21.7 Å². The molecule has 0 saturated carbocycles. The molecule has 0 bridgehead atoms. The van der Waals surface area contributed by atoms with E-state index in [1.54, 1.807) is 24.3 Å². The van der Waals surface area contributed by atoms with E-state index in [2.05, 4.69) is 33.1 Å². The quantitative estimate of drug-likeness (QED) is 0.236. The van der Waals surface area contributed by atoms with Crippen LogP contribution in [-0.4, -0.2) is 48.0 Å². The summed E-state index contributed by atoms with van der Waals surface area (Å²) in [5.74, 6) is -0.849. The average Bonchev–Trinajstić information content (AvgIpc) is 2.79. The Balaban J connectivity index is 1.80. The third kappa shape index (κ3) is 5.85. The van der Waals surface area contributed by atoms with Gasteiger partial charge in [0.05, 0.1) is 7.11 Å². The van der Waals surface area contributed by atoms with Gasteiger partial charge in [0.1, 0.15) is 5.57 Å². The van der Waals surface area contributed by atoms with E-state index in [0.29, 0.717) is 27.2 Å². The van der Waals surface area contributed by atoms with Crippen molar-refractivity contribution in [2.24, 2.45) is 0 Å². The second-order valence-electron chi connectivity index (χ2n) is 6.75. The fourth-order valence-corrected chi connectivity index (χ4v) is 3.63. The van der Waals surface area contributed by atoms with Gasteiger partial charge < -0.3 is 14.8 Å². The molecule has 0 aliphatic carbocycles. The van der Waals surface area contributed by atoms with E-state index < -0.39 is 11.8 Å². The molecule has 8 nitrogen and oxygen atoms in total. The number of hydrogen-bond donors (Lipinski definition) is 2. The van der Waals surface area contributed by atoms with E-state index >= 15 is 0 Å². The molecule has 0 atom stereocenters. The molecule has 1 saturated heterocycles. The van der Waals surface area contributed by atoms with Crippen molar-refractivity contribution in [3.05, 3.63) is 70.7 Å². The van der Waals surface area contributed by atoms with Crippen molar-refractivity contribution < 1.29 is 23.9 Å². The van der Waals surface area contributed by atoms with Crippen LogP contribution < -0.4 is 20.1 Å². The Morgan fingerprint density at radius 1 is 1.24 bits per heavy atom. The molecular weight excluding hydrogens is 510 g/mol. The van der Waals surface area contributed by atoms with Crippen LogP contribution >= 0.6 is 28.1 Å². The summed E-state index contributed by atoms with van der Waals surface area (Å²) < 4.78 is 11.5. The first-order valence-electron chi connectivity index (χ1n) is 9.69. The average molecular weight is 530 g/mol. The number of thiocarbonyl (C=S) groups is 1. The van der Waals surface area contributed by atoms with Crippen molar-refractivity contribution in [1.29, 1.82) is 0 Å². The molecule has 0 aromatic heterocycles. The lowest BCUT2D eigenvalue weighted by Crippen LogP contribution is -2.53. The van der Waals surface area contributed by atoms with Crippen molar-refractivity contribution >= 4 is 62.7 Å². The van der Waals surface area contributed by atoms with Gasteiger partial charge in [-0.05, 0) is 48.1 Å². The summed E-state index contributed by atoms with van der Waals surface area (Å²) in [5, 5.41) is 5.24. The first kappa shape index (κ1) is 24.1. The number of rotatable bonds is 8. The van der Waals surface area contributed by atoms with Crippen LogP contribution in [-0.2, 0) is 14.4 Å². The highest BCUT2D eigenvalue weighted by atomic mass is 79.9. The number of amides is 3. The zero-order valence-electron chi connectivity index (χ0n) is 17.6. The molecule has 2 N–H and O–H groups in total. The summed E-state index contributed by atoms with van der Waals surface area (Å²) >= 11 is 8.47. The standard InChI is InChI=1S/C23H20BrN3O5S/c1-3-9-27-22(30)16(21(29)26-23(27)33)10-14-11-18(31-2)19(12-17(14)24)32-13-20(28)25-15-7-5-4-6-8-15/h3-8,10-12H,1,9,13H2,2H3,(H,25,28)(H,26,29,33)/b16-10+. The zero-order valence-corrected chi connectivity index (χ0v) is 20.0. The maximum Gasteiger partial charge on any atom is 0.265 e. The van der Waals surface area contributed by atoms with Crippen LogP contribution in [0.1, 0.15) is 5.56 Å². The van der Waals surface area contributed by atoms with Gasteiger partial charge in [-0.15, -0.1) is 6.58 Å². The monoisotopic (exact) mass is 529 g/mol. The summed E-state index contributed by atoms with van der Waals surface area (Å²) in [4.78, 5) is 38.5. The van der Waals surface area contributed by atoms with E-state index in [1.807, 2.05) is 18.2 Å². The van der Waals surface area contributed by atoms with E-state index in [1.165, 1.54) is 24.2 Å². The van der Waals surface area contributed by atoms with Crippen LogP contribution in [0.25, 0.3) is 6.08 Å². The van der Waals surface area contributed by atoms with Crippen LogP contribution in [0.15, 0.2) is 65.2 Å². The highest BCUT2D eigenvalue weighted by Crippen LogP contribution is 2.35. The van der Waals surface area contributed by atoms with E-state index in [-0.39, 0.29) is 29.7 Å². The van der Waals surface area contributed by atoms with Gasteiger partial charge in [-0.2, -0.15) is 0 Å². The number of methoxy groups -OCH3 is 1. The minimum atomic E-state index is -0.603. The number of para-hydroxylation sites is 1. The predicted octanol–water partition coefficient (Wildman–Crippen LogP) is 3.29. The van der Waals surface area contributed by atoms with Gasteiger partial charge in [0.25, 0.3) is 17.7 Å². The highest BCUT2D eigenvalue weighted by Gasteiger charge is 2.32. The van der Waals surface area contributed by atoms with Gasteiger partial charge in [-0.1, -0.05) is 40.2 Å². The SMILES string of the molecule is C=CCN1C(=O)/C(=C/c2cc(OC)c(OCC(=O)Nc3ccccc3)cc2Br)C(=O)NC1=S. The molecule has 170 valence electrons. The number of ether oxygens (including phenoxy) is 2. The molecule has 2 aromatic carbocycles. The molecule has 1 aliphatic rings. The lowest BCUT2D eigenvalue weighted by molar-refractivity contribution is -0.128. The third-order valence-electron chi connectivity index (χ3n) is 4.50. The molecule has 1 fully saturated rings. The fraction of sp³-hybridized carbons (Fsp3) is 0.130.